The molecule has 22 heavy (non-hydrogen) atoms. The van der Waals surface area contributed by atoms with Gasteiger partial charge in [0.15, 0.2) is 11.5 Å². The van der Waals surface area contributed by atoms with Crippen LogP contribution in [-0.4, -0.2) is 29.4 Å². The fourth-order valence-electron chi connectivity index (χ4n) is 1.68. The number of methoxy groups -OCH3 is 1. The van der Waals surface area contributed by atoms with E-state index in [4.69, 9.17) is 4.74 Å². The van der Waals surface area contributed by atoms with Crippen LogP contribution < -0.4 is 10.2 Å². The van der Waals surface area contributed by atoms with Gasteiger partial charge in [-0.15, -0.1) is 0 Å². The van der Waals surface area contributed by atoms with Gasteiger partial charge in [0, 0.05) is 11.1 Å². The van der Waals surface area contributed by atoms with Gasteiger partial charge in [-0.3, -0.25) is 4.79 Å². The molecule has 0 unspecified atom stereocenters. The molecule has 0 bridgehead atoms. The van der Waals surface area contributed by atoms with Crippen molar-refractivity contribution in [2.45, 2.75) is 0 Å². The van der Waals surface area contributed by atoms with Gasteiger partial charge in [0.25, 0.3) is 5.91 Å². The van der Waals surface area contributed by atoms with E-state index < -0.39 is 11.7 Å². The molecule has 1 amide bonds. The van der Waals surface area contributed by atoms with Crippen LogP contribution in [0.3, 0.4) is 0 Å². The molecule has 0 atom stereocenters. The zero-order chi connectivity index (χ0) is 16.1. The highest BCUT2D eigenvalue weighted by molar-refractivity contribution is 5.94. The fourth-order valence-corrected chi connectivity index (χ4v) is 1.68. The van der Waals surface area contributed by atoms with Crippen molar-refractivity contribution in [1.29, 1.82) is 0 Å². The van der Waals surface area contributed by atoms with Crippen LogP contribution in [0.15, 0.2) is 41.5 Å². The molecule has 7 heteroatoms. The van der Waals surface area contributed by atoms with Gasteiger partial charge in [0.1, 0.15) is 5.82 Å². The molecule has 0 aliphatic carbocycles. The number of benzene rings is 2. The maximum Gasteiger partial charge on any atom is 0.271 e. The van der Waals surface area contributed by atoms with Crippen LogP contribution in [0.2, 0.25) is 0 Å². The summed E-state index contributed by atoms with van der Waals surface area (Å²) < 4.78 is 17.6. The Morgan fingerprint density at radius 3 is 2.59 bits per heavy atom. The van der Waals surface area contributed by atoms with E-state index in [0.29, 0.717) is 5.56 Å². The van der Waals surface area contributed by atoms with Crippen LogP contribution in [0.4, 0.5) is 4.39 Å². The Labute approximate surface area is 125 Å². The molecule has 2 rings (SSSR count). The lowest BCUT2D eigenvalue weighted by atomic mass is 10.2. The highest BCUT2D eigenvalue weighted by Gasteiger charge is 2.09. The van der Waals surface area contributed by atoms with Crippen LogP contribution in [-0.2, 0) is 0 Å². The van der Waals surface area contributed by atoms with E-state index in [0.717, 1.165) is 0 Å². The zero-order valence-corrected chi connectivity index (χ0v) is 11.6. The van der Waals surface area contributed by atoms with Crippen molar-refractivity contribution in [2.24, 2.45) is 5.10 Å². The summed E-state index contributed by atoms with van der Waals surface area (Å²) in [6.45, 7) is 0. The maximum atomic E-state index is 12.7. The molecule has 0 aliphatic heterocycles. The Balaban J connectivity index is 2.08. The van der Waals surface area contributed by atoms with Crippen molar-refractivity contribution in [3.05, 3.63) is 53.3 Å². The summed E-state index contributed by atoms with van der Waals surface area (Å²) in [6, 6.07) is 7.68. The number of carbonyl (C=O) groups is 1. The van der Waals surface area contributed by atoms with E-state index in [1.807, 2.05) is 0 Å². The standard InChI is InChI=1S/C15H13FN2O4/c1-22-13-7-9(6-12(19)14(13)20)8-17-18-15(21)10-2-4-11(16)5-3-10/h2-8,19-20H,1H3,(H,18,21)/b17-8+. The maximum absolute atomic E-state index is 12.7. The fraction of sp³-hybridized carbons (Fsp3) is 0.0667. The molecular formula is C15H13FN2O4. The molecule has 0 saturated carbocycles. The molecule has 0 spiro atoms. The van der Waals surface area contributed by atoms with Crippen LogP contribution in [0.1, 0.15) is 15.9 Å². The second-order valence-electron chi connectivity index (χ2n) is 4.30. The molecule has 0 saturated heterocycles. The number of carbonyl (C=O) groups excluding carboxylic acids is 1. The number of rotatable bonds is 4. The first-order chi connectivity index (χ1) is 10.5. The minimum absolute atomic E-state index is 0.0753. The minimum atomic E-state index is -0.508. The Hall–Kier alpha value is -3.09. The summed E-state index contributed by atoms with van der Waals surface area (Å²) in [5.41, 5.74) is 2.92. The number of hydrazone groups is 1. The van der Waals surface area contributed by atoms with Crippen LogP contribution in [0, 0.1) is 5.82 Å². The third kappa shape index (κ3) is 3.51. The lowest BCUT2D eigenvalue weighted by molar-refractivity contribution is 0.0955. The van der Waals surface area contributed by atoms with Gasteiger partial charge < -0.3 is 14.9 Å². The van der Waals surface area contributed by atoms with Crippen LogP contribution in [0.25, 0.3) is 0 Å². The first-order valence-corrected chi connectivity index (χ1v) is 6.20. The molecule has 0 aliphatic rings. The lowest BCUT2D eigenvalue weighted by Gasteiger charge is -2.06. The second kappa shape index (κ2) is 6.57. The van der Waals surface area contributed by atoms with Gasteiger partial charge in [-0.2, -0.15) is 5.10 Å². The Morgan fingerprint density at radius 2 is 1.95 bits per heavy atom. The molecule has 3 N–H and O–H groups in total. The molecule has 0 heterocycles. The average Bonchev–Trinajstić information content (AvgIpc) is 2.51. The van der Waals surface area contributed by atoms with E-state index in [9.17, 15) is 19.4 Å². The monoisotopic (exact) mass is 304 g/mol. The van der Waals surface area contributed by atoms with Gasteiger partial charge in [-0.1, -0.05) is 0 Å². The number of phenols is 2. The number of phenolic OH excluding ortho intramolecular Hbond substituents is 2. The summed E-state index contributed by atoms with van der Waals surface area (Å²) in [7, 11) is 1.34. The van der Waals surface area contributed by atoms with Crippen LogP contribution >= 0.6 is 0 Å². The molecule has 114 valence electrons. The predicted molar refractivity (Wildman–Crippen MR) is 77.8 cm³/mol. The van der Waals surface area contributed by atoms with Gasteiger partial charge >= 0.3 is 0 Å². The van der Waals surface area contributed by atoms with Crippen molar-refractivity contribution < 1.29 is 24.1 Å². The number of ether oxygens (including phenoxy) is 1. The first kappa shape index (κ1) is 15.3. The normalized spacial score (nSPS) is 10.6. The smallest absolute Gasteiger partial charge is 0.271 e. The summed E-state index contributed by atoms with van der Waals surface area (Å²) >= 11 is 0. The van der Waals surface area contributed by atoms with Crippen LogP contribution in [0.5, 0.6) is 17.2 Å². The van der Waals surface area contributed by atoms with Crippen molar-refractivity contribution in [3.63, 3.8) is 0 Å². The number of amides is 1. The largest absolute Gasteiger partial charge is 0.504 e. The summed E-state index contributed by atoms with van der Waals surface area (Å²) in [6.07, 6.45) is 1.27. The van der Waals surface area contributed by atoms with Crippen molar-refractivity contribution >= 4 is 12.1 Å². The lowest BCUT2D eigenvalue weighted by Crippen LogP contribution is -2.17. The number of nitrogens with one attached hydrogen (secondary N) is 1. The van der Waals surface area contributed by atoms with E-state index in [1.165, 1.54) is 49.7 Å². The van der Waals surface area contributed by atoms with Gasteiger partial charge in [-0.25, -0.2) is 9.82 Å². The summed E-state index contributed by atoms with van der Waals surface area (Å²) in [4.78, 5) is 11.7. The Morgan fingerprint density at radius 1 is 1.27 bits per heavy atom. The van der Waals surface area contributed by atoms with Gasteiger partial charge in [0.2, 0.25) is 5.75 Å². The molecule has 0 aromatic heterocycles. The second-order valence-corrected chi connectivity index (χ2v) is 4.30. The SMILES string of the molecule is COc1cc(/C=N/NC(=O)c2ccc(F)cc2)cc(O)c1O. The van der Waals surface area contributed by atoms with Crippen molar-refractivity contribution in [2.75, 3.05) is 7.11 Å². The Bertz CT molecular complexity index is 714. The molecule has 0 radical (unpaired) electrons. The minimum Gasteiger partial charge on any atom is -0.504 e. The average molecular weight is 304 g/mol. The molecular weight excluding hydrogens is 291 g/mol. The number of hydrogen-bond donors (Lipinski definition) is 3. The van der Waals surface area contributed by atoms with Crippen molar-refractivity contribution in [3.8, 4) is 17.2 Å². The highest BCUT2D eigenvalue weighted by Crippen LogP contribution is 2.35. The van der Waals surface area contributed by atoms with E-state index in [1.54, 1.807) is 0 Å². The van der Waals surface area contributed by atoms with Gasteiger partial charge in [0.05, 0.1) is 13.3 Å². The molecule has 6 nitrogen and oxygen atoms in total. The molecule has 2 aromatic rings. The third-order valence-electron chi connectivity index (χ3n) is 2.78. The third-order valence-corrected chi connectivity index (χ3v) is 2.78. The zero-order valence-electron chi connectivity index (χ0n) is 11.6. The highest BCUT2D eigenvalue weighted by atomic mass is 19.1. The summed E-state index contributed by atoms with van der Waals surface area (Å²) in [5, 5.41) is 22.7. The number of hydrogen-bond acceptors (Lipinski definition) is 5. The predicted octanol–water partition coefficient (Wildman–Crippen LogP) is 2.01. The number of nitrogens with zero attached hydrogens (tertiary/aromatic N) is 1. The number of halogens is 1. The van der Waals surface area contributed by atoms with Crippen molar-refractivity contribution in [1.82, 2.24) is 5.43 Å². The summed E-state index contributed by atoms with van der Waals surface area (Å²) in [5.74, 6) is -1.62. The first-order valence-electron chi connectivity index (χ1n) is 6.20. The number of aromatic hydroxyl groups is 2. The quantitative estimate of drug-likeness (QED) is 0.458. The van der Waals surface area contributed by atoms with Gasteiger partial charge in [-0.05, 0) is 36.4 Å². The van der Waals surface area contributed by atoms with E-state index in [2.05, 4.69) is 10.5 Å². The topological polar surface area (TPSA) is 91.2 Å². The van der Waals surface area contributed by atoms with E-state index in [-0.39, 0.29) is 22.8 Å². The molecule has 0 fully saturated rings. The van der Waals surface area contributed by atoms with E-state index >= 15 is 0 Å². The molecule has 2 aromatic carbocycles. The Kier molecular flexibility index (Phi) is 4.57.